The van der Waals surface area contributed by atoms with Gasteiger partial charge in [0, 0.05) is 19.5 Å². The van der Waals surface area contributed by atoms with Gasteiger partial charge in [-0.1, -0.05) is 0 Å². The Hall–Kier alpha value is -1.10. The fraction of sp³-hybridized carbons (Fsp3) is 0.778. The van der Waals surface area contributed by atoms with Crippen molar-refractivity contribution in [2.75, 3.05) is 13.6 Å². The van der Waals surface area contributed by atoms with Gasteiger partial charge in [0.2, 0.25) is 5.91 Å². The van der Waals surface area contributed by atoms with Crippen molar-refractivity contribution in [3.63, 3.8) is 0 Å². The van der Waals surface area contributed by atoms with E-state index in [1.165, 1.54) is 11.9 Å². The van der Waals surface area contributed by atoms with Crippen LogP contribution >= 0.6 is 0 Å². The second-order valence-electron chi connectivity index (χ2n) is 3.51. The van der Waals surface area contributed by atoms with Gasteiger partial charge >= 0.3 is 5.97 Å². The van der Waals surface area contributed by atoms with E-state index >= 15 is 0 Å². The van der Waals surface area contributed by atoms with Gasteiger partial charge in [-0.15, -0.1) is 0 Å². The quantitative estimate of drug-likeness (QED) is 0.637. The van der Waals surface area contributed by atoms with E-state index in [0.29, 0.717) is 12.8 Å². The summed E-state index contributed by atoms with van der Waals surface area (Å²) in [7, 11) is 1.49. The molecule has 0 aliphatic heterocycles. The number of aliphatic carboxylic acids is 1. The lowest BCUT2D eigenvalue weighted by Crippen LogP contribution is -2.31. The van der Waals surface area contributed by atoms with E-state index in [4.69, 9.17) is 10.8 Å². The van der Waals surface area contributed by atoms with E-state index < -0.39 is 5.97 Å². The minimum Gasteiger partial charge on any atom is -0.480 e. The van der Waals surface area contributed by atoms with Gasteiger partial charge in [0.1, 0.15) is 6.54 Å². The highest BCUT2D eigenvalue weighted by Gasteiger charge is 2.11. The van der Waals surface area contributed by atoms with Crippen LogP contribution in [-0.2, 0) is 9.59 Å². The van der Waals surface area contributed by atoms with Crippen LogP contribution in [0.25, 0.3) is 0 Å². The minimum absolute atomic E-state index is 0.0904. The number of nitrogens with zero attached hydrogens (tertiary/aromatic N) is 1. The molecule has 14 heavy (non-hydrogen) atoms. The molecule has 0 aromatic heterocycles. The number of hydrogen-bond donors (Lipinski definition) is 2. The Kier molecular flexibility index (Phi) is 5.87. The summed E-state index contributed by atoms with van der Waals surface area (Å²) >= 11 is 0. The second-order valence-corrected chi connectivity index (χ2v) is 3.51. The molecule has 0 aromatic carbocycles. The molecule has 0 rings (SSSR count). The summed E-state index contributed by atoms with van der Waals surface area (Å²) in [5.74, 6) is -1.14. The maximum Gasteiger partial charge on any atom is 0.323 e. The third-order valence-electron chi connectivity index (χ3n) is 1.85. The van der Waals surface area contributed by atoms with Crippen molar-refractivity contribution in [1.29, 1.82) is 0 Å². The Bertz CT molecular complexity index is 204. The number of amides is 1. The third-order valence-corrected chi connectivity index (χ3v) is 1.85. The van der Waals surface area contributed by atoms with Crippen LogP contribution < -0.4 is 5.73 Å². The average Bonchev–Trinajstić information content (AvgIpc) is 2.01. The zero-order chi connectivity index (χ0) is 11.1. The molecule has 0 radical (unpaired) electrons. The molecule has 1 amide bonds. The van der Waals surface area contributed by atoms with Gasteiger partial charge in [-0.05, 0) is 19.8 Å². The number of carbonyl (C=O) groups is 2. The third kappa shape index (κ3) is 6.42. The van der Waals surface area contributed by atoms with Crippen molar-refractivity contribution in [1.82, 2.24) is 4.90 Å². The molecule has 0 aromatic rings. The molecule has 0 heterocycles. The Balaban J connectivity index is 3.67. The molecule has 3 N–H and O–H groups in total. The van der Waals surface area contributed by atoms with Crippen LogP contribution in [-0.4, -0.2) is 41.5 Å². The molecule has 5 heteroatoms. The van der Waals surface area contributed by atoms with Crippen LogP contribution in [0.1, 0.15) is 26.2 Å². The fourth-order valence-electron chi connectivity index (χ4n) is 1.06. The van der Waals surface area contributed by atoms with Crippen molar-refractivity contribution < 1.29 is 14.7 Å². The lowest BCUT2D eigenvalue weighted by Gasteiger charge is -2.14. The van der Waals surface area contributed by atoms with Crippen LogP contribution in [0.5, 0.6) is 0 Å². The predicted molar refractivity (Wildman–Crippen MR) is 52.8 cm³/mol. The molecule has 5 nitrogen and oxygen atoms in total. The lowest BCUT2D eigenvalue weighted by atomic mass is 10.1. The fourth-order valence-corrected chi connectivity index (χ4v) is 1.06. The number of rotatable bonds is 6. The standard InChI is InChI=1S/C9H18N2O3/c1-7(10)4-3-5-8(12)11(2)6-9(13)14/h7H,3-6,10H2,1-2H3,(H,13,14). The van der Waals surface area contributed by atoms with Crippen molar-refractivity contribution in [3.8, 4) is 0 Å². The minimum atomic E-state index is -0.993. The van der Waals surface area contributed by atoms with Gasteiger partial charge in [0.25, 0.3) is 0 Å². The van der Waals surface area contributed by atoms with E-state index in [-0.39, 0.29) is 18.5 Å². The van der Waals surface area contributed by atoms with E-state index in [2.05, 4.69) is 0 Å². The van der Waals surface area contributed by atoms with Gasteiger partial charge in [-0.3, -0.25) is 9.59 Å². The summed E-state index contributed by atoms with van der Waals surface area (Å²) in [6.45, 7) is 1.64. The predicted octanol–water partition coefficient (Wildman–Crippen LogP) is 0.0469. The Morgan fingerprint density at radius 1 is 1.50 bits per heavy atom. The summed E-state index contributed by atoms with van der Waals surface area (Å²) in [6, 6.07) is 0.0904. The molecular weight excluding hydrogens is 184 g/mol. The first-order valence-corrected chi connectivity index (χ1v) is 4.64. The molecule has 0 fully saturated rings. The maximum atomic E-state index is 11.3. The van der Waals surface area contributed by atoms with Crippen LogP contribution in [0, 0.1) is 0 Å². The van der Waals surface area contributed by atoms with Gasteiger partial charge in [-0.2, -0.15) is 0 Å². The topological polar surface area (TPSA) is 83.6 Å². The van der Waals surface area contributed by atoms with Crippen molar-refractivity contribution in [2.45, 2.75) is 32.2 Å². The zero-order valence-corrected chi connectivity index (χ0v) is 8.69. The highest BCUT2D eigenvalue weighted by Crippen LogP contribution is 2.01. The maximum absolute atomic E-state index is 11.3. The Morgan fingerprint density at radius 3 is 2.50 bits per heavy atom. The number of hydrogen-bond acceptors (Lipinski definition) is 3. The van der Waals surface area contributed by atoms with Crippen LogP contribution in [0.2, 0.25) is 0 Å². The number of likely N-dealkylation sites (N-methyl/N-ethyl adjacent to an activating group) is 1. The SMILES string of the molecule is CC(N)CCCC(=O)N(C)CC(=O)O. The van der Waals surface area contributed by atoms with Gasteiger partial charge in [0.05, 0.1) is 0 Å². The number of carboxylic acid groups (broad SMARTS) is 1. The number of carboxylic acids is 1. The van der Waals surface area contributed by atoms with E-state index in [0.717, 1.165) is 6.42 Å². The normalized spacial score (nSPS) is 12.2. The smallest absolute Gasteiger partial charge is 0.323 e. The van der Waals surface area contributed by atoms with Gasteiger partial charge < -0.3 is 15.7 Å². The van der Waals surface area contributed by atoms with Crippen molar-refractivity contribution in [3.05, 3.63) is 0 Å². The molecule has 0 aliphatic rings. The first kappa shape index (κ1) is 12.9. The number of nitrogens with two attached hydrogens (primary N) is 1. The second kappa shape index (κ2) is 6.37. The van der Waals surface area contributed by atoms with Crippen LogP contribution in [0.4, 0.5) is 0 Å². The van der Waals surface area contributed by atoms with Crippen molar-refractivity contribution >= 4 is 11.9 Å². The highest BCUT2D eigenvalue weighted by molar-refractivity contribution is 5.80. The summed E-state index contributed by atoms with van der Waals surface area (Å²) in [5.41, 5.74) is 5.52. The van der Waals surface area contributed by atoms with E-state index in [1.807, 2.05) is 6.92 Å². The molecule has 1 atom stereocenters. The molecule has 82 valence electrons. The molecular formula is C9H18N2O3. The van der Waals surface area contributed by atoms with Crippen LogP contribution in [0.15, 0.2) is 0 Å². The molecule has 0 spiro atoms. The largest absolute Gasteiger partial charge is 0.480 e. The van der Waals surface area contributed by atoms with Gasteiger partial charge in [0.15, 0.2) is 0 Å². The average molecular weight is 202 g/mol. The monoisotopic (exact) mass is 202 g/mol. The van der Waals surface area contributed by atoms with Gasteiger partial charge in [-0.25, -0.2) is 0 Å². The Labute approximate surface area is 83.9 Å². The molecule has 0 saturated heterocycles. The summed E-state index contributed by atoms with van der Waals surface area (Å²) in [6.07, 6.45) is 1.86. The molecule has 0 bridgehead atoms. The van der Waals surface area contributed by atoms with Crippen LogP contribution in [0.3, 0.4) is 0 Å². The molecule has 0 saturated carbocycles. The van der Waals surface area contributed by atoms with E-state index in [1.54, 1.807) is 0 Å². The summed E-state index contributed by atoms with van der Waals surface area (Å²) in [5, 5.41) is 8.43. The molecule has 0 aliphatic carbocycles. The first-order chi connectivity index (χ1) is 6.43. The summed E-state index contributed by atoms with van der Waals surface area (Å²) in [4.78, 5) is 22.8. The first-order valence-electron chi connectivity index (χ1n) is 4.64. The van der Waals surface area contributed by atoms with E-state index in [9.17, 15) is 9.59 Å². The Morgan fingerprint density at radius 2 is 2.07 bits per heavy atom. The lowest BCUT2D eigenvalue weighted by molar-refractivity contribution is -0.143. The number of carbonyl (C=O) groups excluding carboxylic acids is 1. The highest BCUT2D eigenvalue weighted by atomic mass is 16.4. The summed E-state index contributed by atoms with van der Waals surface area (Å²) < 4.78 is 0. The molecule has 1 unspecified atom stereocenters. The zero-order valence-electron chi connectivity index (χ0n) is 8.69. The van der Waals surface area contributed by atoms with Crippen molar-refractivity contribution in [2.24, 2.45) is 5.73 Å².